The van der Waals surface area contributed by atoms with Crippen LogP contribution in [-0.2, 0) is 4.79 Å². The van der Waals surface area contributed by atoms with Crippen molar-refractivity contribution in [2.24, 2.45) is 0 Å². The number of rotatable bonds is 31. The summed E-state index contributed by atoms with van der Waals surface area (Å²) in [4.78, 5) is 12.2. The summed E-state index contributed by atoms with van der Waals surface area (Å²) < 4.78 is 0. The second kappa shape index (κ2) is 32.4. The normalized spacial score (nSPS) is 12.4. The van der Waals surface area contributed by atoms with Gasteiger partial charge in [-0.2, -0.15) is 0 Å². The van der Waals surface area contributed by atoms with E-state index in [1.54, 1.807) is 0 Å². The summed E-state index contributed by atoms with van der Waals surface area (Å²) in [6, 6.07) is 0.336. The van der Waals surface area contributed by atoms with Gasteiger partial charge in [0.1, 0.15) is 0 Å². The molecule has 0 heterocycles. The van der Waals surface area contributed by atoms with Gasteiger partial charge < -0.3 is 5.32 Å². The molecule has 0 rings (SSSR count). The molecule has 0 bridgehead atoms. The second-order valence-corrected chi connectivity index (χ2v) is 12.2. The van der Waals surface area contributed by atoms with Crippen molar-refractivity contribution in [3.8, 4) is 0 Å². The lowest BCUT2D eigenvalue weighted by atomic mass is 10.0. The van der Waals surface area contributed by atoms with Crippen molar-refractivity contribution in [3.63, 3.8) is 0 Å². The Kier molecular flexibility index (Phi) is 31.7. The largest absolute Gasteiger partial charge is 0.354 e. The molecule has 0 aliphatic carbocycles. The highest BCUT2D eigenvalue weighted by atomic mass is 16.1. The second-order valence-electron chi connectivity index (χ2n) is 12.2. The number of carbonyl (C=O) groups excluding carboxylic acids is 1. The number of hydrogen-bond donors (Lipinski definition) is 1. The van der Waals surface area contributed by atoms with Gasteiger partial charge in [0, 0.05) is 12.5 Å². The summed E-state index contributed by atoms with van der Waals surface area (Å²) in [5.74, 6) is 0.264. The van der Waals surface area contributed by atoms with Gasteiger partial charge >= 0.3 is 0 Å². The number of amides is 1. The van der Waals surface area contributed by atoms with E-state index < -0.39 is 0 Å². The number of nitrogens with one attached hydrogen (secondary N) is 1. The van der Waals surface area contributed by atoms with Crippen molar-refractivity contribution in [2.75, 3.05) is 0 Å². The van der Waals surface area contributed by atoms with Gasteiger partial charge in [0.2, 0.25) is 5.91 Å². The van der Waals surface area contributed by atoms with Crippen molar-refractivity contribution in [1.82, 2.24) is 5.32 Å². The molecule has 1 atom stereocenters. The molecule has 0 aromatic carbocycles. The number of carbonyl (C=O) groups is 1. The predicted octanol–water partition coefficient (Wildman–Crippen LogP) is 12.4. The minimum Gasteiger partial charge on any atom is -0.354 e. The molecule has 1 unspecified atom stereocenters. The first kappa shape index (κ1) is 37.2. The lowest BCUT2D eigenvalue weighted by molar-refractivity contribution is -0.121. The van der Waals surface area contributed by atoms with Crippen molar-refractivity contribution in [3.05, 3.63) is 12.2 Å². The first-order valence-electron chi connectivity index (χ1n) is 17.6. The highest BCUT2D eigenvalue weighted by Gasteiger charge is 2.07. The summed E-state index contributed by atoms with van der Waals surface area (Å²) in [5.41, 5.74) is 0. The van der Waals surface area contributed by atoms with Crippen LogP contribution >= 0.6 is 0 Å². The summed E-state index contributed by atoms with van der Waals surface area (Å²) in [6.45, 7) is 6.75. The Balaban J connectivity index is 3.32. The Morgan fingerprint density at radius 2 is 0.842 bits per heavy atom. The third-order valence-electron chi connectivity index (χ3n) is 8.06. The fraction of sp³-hybridized carbons (Fsp3) is 0.917. The molecule has 0 aliphatic rings. The van der Waals surface area contributed by atoms with Crippen LogP contribution in [-0.4, -0.2) is 11.9 Å². The Hall–Kier alpha value is -0.790. The summed E-state index contributed by atoms with van der Waals surface area (Å²) >= 11 is 0. The van der Waals surface area contributed by atoms with E-state index in [1.807, 2.05) is 0 Å². The minimum absolute atomic E-state index is 0.264. The van der Waals surface area contributed by atoms with Crippen LogP contribution in [0.1, 0.15) is 207 Å². The van der Waals surface area contributed by atoms with Crippen molar-refractivity contribution in [1.29, 1.82) is 0 Å². The van der Waals surface area contributed by atoms with Gasteiger partial charge in [-0.05, 0) is 45.4 Å². The third kappa shape index (κ3) is 31.4. The van der Waals surface area contributed by atoms with Crippen molar-refractivity contribution >= 4 is 5.91 Å². The van der Waals surface area contributed by atoms with Crippen molar-refractivity contribution in [2.45, 2.75) is 213 Å². The first-order valence-corrected chi connectivity index (χ1v) is 17.6. The van der Waals surface area contributed by atoms with Gasteiger partial charge in [-0.1, -0.05) is 167 Å². The zero-order chi connectivity index (χ0) is 27.8. The fourth-order valence-corrected chi connectivity index (χ4v) is 5.42. The molecule has 1 amide bonds. The third-order valence-corrected chi connectivity index (χ3v) is 8.06. The summed E-state index contributed by atoms with van der Waals surface area (Å²) in [7, 11) is 0. The van der Waals surface area contributed by atoms with E-state index in [-0.39, 0.29) is 5.91 Å². The molecular formula is C36H71NO. The van der Waals surface area contributed by atoms with E-state index >= 15 is 0 Å². The Bertz CT molecular complexity index is 486. The average molecular weight is 534 g/mol. The average Bonchev–Trinajstić information content (AvgIpc) is 2.91. The molecule has 226 valence electrons. The maximum absolute atomic E-state index is 12.2. The molecule has 38 heavy (non-hydrogen) atoms. The molecule has 1 N–H and O–H groups in total. The van der Waals surface area contributed by atoms with E-state index in [9.17, 15) is 4.79 Å². The topological polar surface area (TPSA) is 29.1 Å². The monoisotopic (exact) mass is 534 g/mol. The van der Waals surface area contributed by atoms with Crippen LogP contribution in [0, 0.1) is 0 Å². The van der Waals surface area contributed by atoms with E-state index in [1.165, 1.54) is 167 Å². The fourth-order valence-electron chi connectivity index (χ4n) is 5.42. The zero-order valence-corrected chi connectivity index (χ0v) is 26.6. The van der Waals surface area contributed by atoms with Gasteiger partial charge in [-0.3, -0.25) is 4.79 Å². The molecular weight excluding hydrogens is 462 g/mol. The van der Waals surface area contributed by atoms with Crippen LogP contribution < -0.4 is 5.32 Å². The summed E-state index contributed by atoms with van der Waals surface area (Å²) in [5, 5.41) is 3.23. The van der Waals surface area contributed by atoms with Crippen LogP contribution in [0.5, 0.6) is 0 Å². The maximum atomic E-state index is 12.2. The van der Waals surface area contributed by atoms with Gasteiger partial charge in [0.05, 0.1) is 0 Å². The molecule has 0 aliphatic heterocycles. The Morgan fingerprint density at radius 1 is 0.500 bits per heavy atom. The lowest BCUT2D eigenvalue weighted by Crippen LogP contribution is -2.32. The van der Waals surface area contributed by atoms with Crippen LogP contribution in [0.2, 0.25) is 0 Å². The Morgan fingerprint density at radius 3 is 1.26 bits per heavy atom. The number of allylic oxidation sites excluding steroid dienone is 2. The Labute approximate surface area is 241 Å². The molecule has 0 saturated heterocycles. The predicted molar refractivity (Wildman–Crippen MR) is 172 cm³/mol. The van der Waals surface area contributed by atoms with Gasteiger partial charge in [-0.15, -0.1) is 0 Å². The van der Waals surface area contributed by atoms with E-state index in [4.69, 9.17) is 0 Å². The molecule has 0 saturated carbocycles. The standard InChI is InChI=1S/C36H71NO/c1-4-6-8-10-12-14-16-18-20-22-24-26-28-30-32-34-36(38)37-35(3)33-31-29-27-25-23-21-19-17-15-13-11-9-7-5-2/h18,20,35H,4-17,19,21-34H2,1-3H3,(H,37,38)/b20-18-. The van der Waals surface area contributed by atoms with Crippen LogP contribution in [0.25, 0.3) is 0 Å². The molecule has 0 aromatic heterocycles. The smallest absolute Gasteiger partial charge is 0.220 e. The first-order chi connectivity index (χ1) is 18.7. The van der Waals surface area contributed by atoms with Gasteiger partial charge in [0.15, 0.2) is 0 Å². The van der Waals surface area contributed by atoms with E-state index in [0.29, 0.717) is 12.5 Å². The molecule has 2 heteroatoms. The van der Waals surface area contributed by atoms with Crippen LogP contribution in [0.15, 0.2) is 12.2 Å². The molecule has 0 fully saturated rings. The molecule has 0 radical (unpaired) electrons. The van der Waals surface area contributed by atoms with Gasteiger partial charge in [-0.25, -0.2) is 0 Å². The quantitative estimate of drug-likeness (QED) is 0.0696. The van der Waals surface area contributed by atoms with Gasteiger partial charge in [0.25, 0.3) is 0 Å². The van der Waals surface area contributed by atoms with Crippen molar-refractivity contribution < 1.29 is 4.79 Å². The molecule has 0 aromatic rings. The number of unbranched alkanes of at least 4 members (excludes halogenated alkanes) is 24. The summed E-state index contributed by atoms with van der Waals surface area (Å²) in [6.07, 6.45) is 43.2. The zero-order valence-electron chi connectivity index (χ0n) is 26.6. The highest BCUT2D eigenvalue weighted by Crippen LogP contribution is 2.14. The van der Waals surface area contributed by atoms with Crippen LogP contribution in [0.3, 0.4) is 0 Å². The molecule has 2 nitrogen and oxygen atoms in total. The minimum atomic E-state index is 0.264. The molecule has 0 spiro atoms. The highest BCUT2D eigenvalue weighted by molar-refractivity contribution is 5.76. The maximum Gasteiger partial charge on any atom is 0.220 e. The van der Waals surface area contributed by atoms with E-state index in [0.717, 1.165) is 12.8 Å². The van der Waals surface area contributed by atoms with E-state index in [2.05, 4.69) is 38.2 Å². The van der Waals surface area contributed by atoms with Crippen LogP contribution in [0.4, 0.5) is 0 Å². The number of hydrogen-bond acceptors (Lipinski definition) is 1. The lowest BCUT2D eigenvalue weighted by Gasteiger charge is -2.13. The SMILES string of the molecule is CCCCCCCC/C=C\CCCCCCCC(=O)NC(C)CCCCCCCCCCCCCCCC.